The van der Waals surface area contributed by atoms with Crippen LogP contribution in [0.4, 0.5) is 4.79 Å². The molecule has 1 fully saturated rings. The highest BCUT2D eigenvalue weighted by Crippen LogP contribution is 2.37. The maximum absolute atomic E-state index is 14.2. The molecule has 1 heterocycles. The van der Waals surface area contributed by atoms with E-state index in [1.54, 1.807) is 18.0 Å². The van der Waals surface area contributed by atoms with Crippen LogP contribution >= 0.6 is 0 Å². The number of hydrogen-bond acceptors (Lipinski definition) is 6. The Balaban J connectivity index is 1.57. The Kier molecular flexibility index (Phi) is 10.2. The predicted molar refractivity (Wildman–Crippen MR) is 170 cm³/mol. The van der Waals surface area contributed by atoms with Crippen molar-refractivity contribution in [1.29, 1.82) is 0 Å². The summed E-state index contributed by atoms with van der Waals surface area (Å²) < 4.78 is 4.88. The van der Waals surface area contributed by atoms with Crippen LogP contribution in [0, 0.1) is 5.41 Å². The van der Waals surface area contributed by atoms with Crippen LogP contribution in [-0.2, 0) is 32.0 Å². The molecule has 4 rings (SSSR count). The first-order valence-electron chi connectivity index (χ1n) is 14.9. The number of nitrogens with two attached hydrogens (primary N) is 2. The number of esters is 1. The van der Waals surface area contributed by atoms with E-state index in [-0.39, 0.29) is 37.7 Å². The third kappa shape index (κ3) is 8.32. The van der Waals surface area contributed by atoms with Gasteiger partial charge in [-0.15, -0.1) is 0 Å². The summed E-state index contributed by atoms with van der Waals surface area (Å²) in [5.41, 5.74) is 11.6. The fourth-order valence-electron chi connectivity index (χ4n) is 5.72. The van der Waals surface area contributed by atoms with E-state index in [9.17, 15) is 19.2 Å². The molecule has 0 aliphatic carbocycles. The van der Waals surface area contributed by atoms with E-state index in [0.29, 0.717) is 19.3 Å². The van der Waals surface area contributed by atoms with Gasteiger partial charge in [0.05, 0.1) is 5.41 Å². The zero-order valence-electron chi connectivity index (χ0n) is 25.7. The number of fused-ring (bicyclic) bond motifs is 1. The molecule has 9 heteroatoms. The number of carbonyl (C=O) groups excluding carboxylic acids is 4. The van der Waals surface area contributed by atoms with Crippen LogP contribution in [-0.4, -0.2) is 65.4 Å². The number of piperidine rings is 1. The average molecular weight is 599 g/mol. The quantitative estimate of drug-likeness (QED) is 0.202. The molecule has 1 atom stereocenters. The largest absolute Gasteiger partial charge is 0.412 e. The summed E-state index contributed by atoms with van der Waals surface area (Å²) in [6.07, 6.45) is 3.79. The number of benzene rings is 3. The minimum Gasteiger partial charge on any atom is -0.376 e. The summed E-state index contributed by atoms with van der Waals surface area (Å²) in [4.78, 5) is 55.3. The molecule has 1 saturated heterocycles. The number of carbonyl (C=O) groups is 4. The molecule has 1 aliphatic rings. The molecule has 44 heavy (non-hydrogen) atoms. The number of rotatable bonds is 10. The first-order valence-corrected chi connectivity index (χ1v) is 14.9. The fraction of sp³-hybridized carbons (Fsp3) is 0.371. The van der Waals surface area contributed by atoms with Crippen molar-refractivity contribution in [2.75, 3.05) is 20.1 Å². The molecular formula is C35H42N4O5. The summed E-state index contributed by atoms with van der Waals surface area (Å²) in [7, 11) is 1.64. The van der Waals surface area contributed by atoms with Crippen molar-refractivity contribution in [3.63, 3.8) is 0 Å². The first-order chi connectivity index (χ1) is 20.9. The van der Waals surface area contributed by atoms with Gasteiger partial charge in [0.1, 0.15) is 6.04 Å². The molecule has 3 amide bonds. The monoisotopic (exact) mass is 598 g/mol. The summed E-state index contributed by atoms with van der Waals surface area (Å²) in [6.45, 7) is 4.27. The van der Waals surface area contributed by atoms with Gasteiger partial charge in [-0.05, 0) is 67.5 Å². The van der Waals surface area contributed by atoms with E-state index in [1.165, 1.54) is 11.0 Å². The Morgan fingerprint density at radius 1 is 0.955 bits per heavy atom. The van der Waals surface area contributed by atoms with Gasteiger partial charge in [0.25, 0.3) is 0 Å². The van der Waals surface area contributed by atoms with Crippen LogP contribution in [0.25, 0.3) is 10.8 Å². The Labute approximate surface area is 258 Å². The van der Waals surface area contributed by atoms with Crippen LogP contribution in [0.1, 0.15) is 44.2 Å². The van der Waals surface area contributed by atoms with Crippen molar-refractivity contribution in [2.45, 2.75) is 57.5 Å². The lowest BCUT2D eigenvalue weighted by molar-refractivity contribution is -0.155. The van der Waals surface area contributed by atoms with Gasteiger partial charge in [0.15, 0.2) is 0 Å². The lowest BCUT2D eigenvalue weighted by atomic mass is 9.73. The van der Waals surface area contributed by atoms with Gasteiger partial charge in [-0.2, -0.15) is 0 Å². The lowest BCUT2D eigenvalue weighted by Gasteiger charge is -2.41. The van der Waals surface area contributed by atoms with Crippen LogP contribution in [0.15, 0.2) is 84.9 Å². The third-order valence-corrected chi connectivity index (χ3v) is 8.29. The number of amides is 3. The topological polar surface area (TPSA) is 136 Å². The third-order valence-electron chi connectivity index (χ3n) is 8.29. The van der Waals surface area contributed by atoms with Gasteiger partial charge in [0.2, 0.25) is 11.8 Å². The average Bonchev–Trinajstić information content (AvgIpc) is 2.99. The molecule has 0 radical (unpaired) electrons. The Morgan fingerprint density at radius 3 is 2.23 bits per heavy atom. The van der Waals surface area contributed by atoms with Crippen molar-refractivity contribution in [1.82, 2.24) is 9.80 Å². The molecule has 4 N–H and O–H groups in total. The molecule has 0 aromatic heterocycles. The van der Waals surface area contributed by atoms with Crippen molar-refractivity contribution in [2.24, 2.45) is 16.9 Å². The Bertz CT molecular complexity index is 1520. The van der Waals surface area contributed by atoms with Gasteiger partial charge in [-0.1, -0.05) is 78.9 Å². The summed E-state index contributed by atoms with van der Waals surface area (Å²) >= 11 is 0. The molecule has 232 valence electrons. The lowest BCUT2D eigenvalue weighted by Crippen LogP contribution is -2.55. The van der Waals surface area contributed by atoms with Gasteiger partial charge in [-0.25, -0.2) is 4.79 Å². The van der Waals surface area contributed by atoms with Crippen molar-refractivity contribution in [3.05, 3.63) is 96.1 Å². The number of nitrogens with zero attached hydrogens (tertiary/aromatic N) is 2. The number of likely N-dealkylation sites (N-methyl/N-ethyl adjacent to an activating group) is 1. The second-order valence-electron chi connectivity index (χ2n) is 12.4. The fourth-order valence-corrected chi connectivity index (χ4v) is 5.72. The molecule has 3 aromatic rings. The van der Waals surface area contributed by atoms with E-state index in [0.717, 1.165) is 21.9 Å². The normalized spacial score (nSPS) is 15.6. The van der Waals surface area contributed by atoms with Gasteiger partial charge in [0, 0.05) is 32.1 Å². The first kappa shape index (κ1) is 32.4. The van der Waals surface area contributed by atoms with E-state index < -0.39 is 29.1 Å². The molecule has 9 nitrogen and oxygen atoms in total. The van der Waals surface area contributed by atoms with E-state index in [4.69, 9.17) is 16.2 Å². The highest BCUT2D eigenvalue weighted by Gasteiger charge is 2.45. The summed E-state index contributed by atoms with van der Waals surface area (Å²) in [5.74, 6) is -1.19. The molecule has 0 bridgehead atoms. The minimum atomic E-state index is -1.15. The summed E-state index contributed by atoms with van der Waals surface area (Å²) in [6, 6.07) is 22.7. The van der Waals surface area contributed by atoms with Crippen LogP contribution in [0.2, 0.25) is 0 Å². The smallest absolute Gasteiger partial charge is 0.376 e. The van der Waals surface area contributed by atoms with Crippen molar-refractivity contribution < 1.29 is 23.9 Å². The van der Waals surface area contributed by atoms with Gasteiger partial charge in [-0.3, -0.25) is 14.4 Å². The highest BCUT2D eigenvalue weighted by atomic mass is 16.6. The van der Waals surface area contributed by atoms with Crippen LogP contribution in [0.3, 0.4) is 0 Å². The van der Waals surface area contributed by atoms with Crippen LogP contribution in [0.5, 0.6) is 0 Å². The Hall–Kier alpha value is -4.50. The minimum absolute atomic E-state index is 0.210. The van der Waals surface area contributed by atoms with E-state index in [2.05, 4.69) is 0 Å². The number of likely N-dealkylation sites (tertiary alicyclic amines) is 1. The summed E-state index contributed by atoms with van der Waals surface area (Å²) in [5, 5.41) is 2.14. The van der Waals surface area contributed by atoms with Crippen LogP contribution < -0.4 is 11.5 Å². The predicted octanol–water partition coefficient (Wildman–Crippen LogP) is 4.37. The van der Waals surface area contributed by atoms with E-state index in [1.807, 2.05) is 86.6 Å². The number of hydrogen-bond donors (Lipinski definition) is 2. The Morgan fingerprint density at radius 2 is 1.59 bits per heavy atom. The molecular weight excluding hydrogens is 556 g/mol. The zero-order chi connectivity index (χ0) is 31.9. The standard InChI is InChI=1S/C35H42N4O5/c1-34(2,37)17-9-14-30(40)38(3)29(23-26-15-16-27-12-7-8-13-28(27)22-26)31(41)39-20-18-35(19-21-39,32(42)44-33(36)43)24-25-10-5-4-6-11-25/h4-16,22,29H,17-21,23-24,37H2,1-3H3,(H2,36,43). The van der Waals surface area contributed by atoms with Gasteiger partial charge >= 0.3 is 12.1 Å². The second-order valence-corrected chi connectivity index (χ2v) is 12.4. The molecule has 1 unspecified atom stereocenters. The molecule has 3 aromatic carbocycles. The zero-order valence-corrected chi connectivity index (χ0v) is 25.7. The van der Waals surface area contributed by atoms with Crippen molar-refractivity contribution >= 4 is 34.6 Å². The number of ether oxygens (including phenoxy) is 1. The molecule has 0 spiro atoms. The van der Waals surface area contributed by atoms with E-state index >= 15 is 0 Å². The molecule has 0 saturated carbocycles. The molecule has 1 aliphatic heterocycles. The number of primary amides is 1. The maximum atomic E-state index is 14.2. The second kappa shape index (κ2) is 13.9. The van der Waals surface area contributed by atoms with Crippen molar-refractivity contribution in [3.8, 4) is 0 Å². The SMILES string of the molecule is CN(C(=O)C=CCC(C)(C)N)C(Cc1ccc2ccccc2c1)C(=O)N1CCC(Cc2ccccc2)(C(=O)OC(N)=O)CC1. The maximum Gasteiger partial charge on any atom is 0.412 e. The van der Waals surface area contributed by atoms with Gasteiger partial charge < -0.3 is 26.0 Å². The highest BCUT2D eigenvalue weighted by molar-refractivity contribution is 5.93.